The fourth-order valence-corrected chi connectivity index (χ4v) is 2.34. The molecule has 0 aliphatic heterocycles. The highest BCUT2D eigenvalue weighted by atomic mass is 16.5. The Bertz CT molecular complexity index is 773. The predicted molar refractivity (Wildman–Crippen MR) is 100 cm³/mol. The number of methoxy groups -OCH3 is 3. The number of carbonyl (C=O) groups is 2. The molecular formula is C20H23NO6. The van der Waals surface area contributed by atoms with Crippen molar-refractivity contribution < 1.29 is 28.5 Å². The number of rotatable bonds is 9. The van der Waals surface area contributed by atoms with E-state index in [2.05, 4.69) is 5.32 Å². The monoisotopic (exact) mass is 373 g/mol. The van der Waals surface area contributed by atoms with E-state index >= 15 is 0 Å². The minimum Gasteiger partial charge on any atom is -0.497 e. The van der Waals surface area contributed by atoms with Crippen LogP contribution >= 0.6 is 0 Å². The molecule has 0 aliphatic carbocycles. The third-order valence-electron chi connectivity index (χ3n) is 3.82. The fraction of sp³-hybridized carbons (Fsp3) is 0.300. The van der Waals surface area contributed by atoms with Crippen LogP contribution in [0.5, 0.6) is 17.2 Å². The average molecular weight is 373 g/mol. The van der Waals surface area contributed by atoms with Gasteiger partial charge in [-0.1, -0.05) is 12.1 Å². The first-order chi connectivity index (χ1) is 13.0. The van der Waals surface area contributed by atoms with Crippen LogP contribution in [0.2, 0.25) is 0 Å². The van der Waals surface area contributed by atoms with E-state index in [1.165, 1.54) is 7.11 Å². The minimum absolute atomic E-state index is 0.186. The smallest absolute Gasteiger partial charge is 0.306 e. The normalized spacial score (nSPS) is 10.0. The number of anilines is 1. The van der Waals surface area contributed by atoms with E-state index in [4.69, 9.17) is 18.9 Å². The van der Waals surface area contributed by atoms with E-state index in [1.54, 1.807) is 32.4 Å². The number of aryl methyl sites for hydroxylation is 1. The summed E-state index contributed by atoms with van der Waals surface area (Å²) in [6.07, 6.45) is 0.711. The molecule has 1 amide bonds. The van der Waals surface area contributed by atoms with Crippen LogP contribution in [0.3, 0.4) is 0 Å². The molecule has 0 radical (unpaired) electrons. The highest BCUT2D eigenvalue weighted by molar-refractivity contribution is 5.94. The Morgan fingerprint density at radius 3 is 2.19 bits per heavy atom. The predicted octanol–water partition coefficient (Wildman–Crippen LogP) is 2.83. The van der Waals surface area contributed by atoms with E-state index in [9.17, 15) is 9.59 Å². The summed E-state index contributed by atoms with van der Waals surface area (Å²) in [5.74, 6) is 0.925. The molecule has 27 heavy (non-hydrogen) atoms. The Morgan fingerprint density at radius 2 is 1.56 bits per heavy atom. The molecule has 0 unspecified atom stereocenters. The van der Waals surface area contributed by atoms with Gasteiger partial charge in [-0.2, -0.15) is 0 Å². The number of nitrogens with one attached hydrogen (secondary N) is 1. The first kappa shape index (κ1) is 20.1. The van der Waals surface area contributed by atoms with Crippen LogP contribution in [-0.2, 0) is 20.7 Å². The van der Waals surface area contributed by atoms with Crippen LogP contribution in [0, 0.1) is 0 Å². The van der Waals surface area contributed by atoms with Gasteiger partial charge in [-0.3, -0.25) is 9.59 Å². The van der Waals surface area contributed by atoms with Crippen molar-refractivity contribution in [2.45, 2.75) is 12.8 Å². The fourth-order valence-electron chi connectivity index (χ4n) is 2.34. The third-order valence-corrected chi connectivity index (χ3v) is 3.82. The van der Waals surface area contributed by atoms with E-state index < -0.39 is 11.9 Å². The van der Waals surface area contributed by atoms with Gasteiger partial charge in [0.05, 0.1) is 27.0 Å². The molecule has 0 saturated heterocycles. The van der Waals surface area contributed by atoms with Crippen molar-refractivity contribution in [1.82, 2.24) is 0 Å². The van der Waals surface area contributed by atoms with Gasteiger partial charge in [0.2, 0.25) is 0 Å². The van der Waals surface area contributed by atoms with Crippen LogP contribution in [0.15, 0.2) is 42.5 Å². The Kier molecular flexibility index (Phi) is 7.49. The lowest BCUT2D eigenvalue weighted by molar-refractivity contribution is -0.147. The Morgan fingerprint density at radius 1 is 0.889 bits per heavy atom. The van der Waals surface area contributed by atoms with Crippen molar-refractivity contribution in [1.29, 1.82) is 0 Å². The number of carbonyl (C=O) groups excluding carboxylic acids is 2. The first-order valence-electron chi connectivity index (χ1n) is 8.36. The molecule has 0 fully saturated rings. The van der Waals surface area contributed by atoms with Crippen LogP contribution < -0.4 is 19.5 Å². The van der Waals surface area contributed by atoms with Gasteiger partial charge in [-0.25, -0.2) is 0 Å². The maximum absolute atomic E-state index is 12.0. The second-order valence-electron chi connectivity index (χ2n) is 5.62. The second kappa shape index (κ2) is 10.1. The zero-order valence-electron chi connectivity index (χ0n) is 15.6. The summed E-state index contributed by atoms with van der Waals surface area (Å²) < 4.78 is 20.4. The zero-order valence-corrected chi connectivity index (χ0v) is 15.6. The van der Waals surface area contributed by atoms with Crippen molar-refractivity contribution in [2.75, 3.05) is 33.3 Å². The third kappa shape index (κ3) is 6.22. The molecule has 0 spiro atoms. The Labute approximate surface area is 158 Å². The van der Waals surface area contributed by atoms with E-state index in [0.717, 1.165) is 11.3 Å². The van der Waals surface area contributed by atoms with E-state index in [1.807, 2.05) is 24.3 Å². The first-order valence-corrected chi connectivity index (χ1v) is 8.36. The minimum atomic E-state index is -0.448. The molecule has 0 saturated carbocycles. The van der Waals surface area contributed by atoms with E-state index in [-0.39, 0.29) is 13.0 Å². The zero-order chi connectivity index (χ0) is 19.6. The van der Waals surface area contributed by atoms with Crippen LogP contribution in [0.1, 0.15) is 12.0 Å². The Hall–Kier alpha value is -3.22. The van der Waals surface area contributed by atoms with Crippen LogP contribution in [0.4, 0.5) is 5.69 Å². The summed E-state index contributed by atoms with van der Waals surface area (Å²) in [5, 5.41) is 2.64. The molecule has 7 heteroatoms. The molecule has 7 nitrogen and oxygen atoms in total. The van der Waals surface area contributed by atoms with Crippen molar-refractivity contribution in [3.63, 3.8) is 0 Å². The van der Waals surface area contributed by atoms with Crippen molar-refractivity contribution in [2.24, 2.45) is 0 Å². The Balaban J connectivity index is 1.78. The quantitative estimate of drug-likeness (QED) is 0.681. The highest BCUT2D eigenvalue weighted by Crippen LogP contribution is 2.28. The summed E-state index contributed by atoms with van der Waals surface area (Å²) in [5.41, 5.74) is 1.46. The molecule has 144 valence electrons. The van der Waals surface area contributed by atoms with Gasteiger partial charge in [-0.15, -0.1) is 0 Å². The number of amides is 1. The van der Waals surface area contributed by atoms with Crippen molar-refractivity contribution >= 4 is 17.6 Å². The van der Waals surface area contributed by atoms with Crippen molar-refractivity contribution in [3.05, 3.63) is 48.0 Å². The van der Waals surface area contributed by atoms with Gasteiger partial charge in [0, 0.05) is 12.5 Å². The summed E-state index contributed by atoms with van der Waals surface area (Å²) >= 11 is 0. The molecular weight excluding hydrogens is 350 g/mol. The summed E-state index contributed by atoms with van der Waals surface area (Å²) in [4.78, 5) is 23.8. The van der Waals surface area contributed by atoms with Gasteiger partial charge >= 0.3 is 5.97 Å². The summed E-state index contributed by atoms with van der Waals surface area (Å²) in [6.45, 7) is -0.364. The van der Waals surface area contributed by atoms with Crippen LogP contribution in [0.25, 0.3) is 0 Å². The molecule has 2 rings (SSSR count). The van der Waals surface area contributed by atoms with Gasteiger partial charge in [0.15, 0.2) is 6.61 Å². The number of benzene rings is 2. The number of esters is 1. The molecule has 1 N–H and O–H groups in total. The number of hydrogen-bond acceptors (Lipinski definition) is 6. The molecule has 2 aromatic carbocycles. The van der Waals surface area contributed by atoms with E-state index in [0.29, 0.717) is 23.6 Å². The lowest BCUT2D eigenvalue weighted by Crippen LogP contribution is -2.21. The molecule has 0 aliphatic rings. The topological polar surface area (TPSA) is 83.1 Å². The number of ether oxygens (including phenoxy) is 4. The van der Waals surface area contributed by atoms with Crippen LogP contribution in [-0.4, -0.2) is 39.8 Å². The largest absolute Gasteiger partial charge is 0.497 e. The van der Waals surface area contributed by atoms with Crippen molar-refractivity contribution in [3.8, 4) is 17.2 Å². The lowest BCUT2D eigenvalue weighted by atomic mass is 10.1. The summed E-state index contributed by atoms with van der Waals surface area (Å²) in [6, 6.07) is 12.4. The SMILES string of the molecule is COc1ccc(CCC(=O)OCC(=O)Nc2ccc(OC)cc2OC)cc1. The molecule has 0 heterocycles. The van der Waals surface area contributed by atoms with Gasteiger partial charge in [0.1, 0.15) is 17.2 Å². The molecule has 0 bridgehead atoms. The lowest BCUT2D eigenvalue weighted by Gasteiger charge is -2.11. The second-order valence-corrected chi connectivity index (χ2v) is 5.62. The maximum Gasteiger partial charge on any atom is 0.306 e. The highest BCUT2D eigenvalue weighted by Gasteiger charge is 2.11. The molecule has 2 aromatic rings. The molecule has 0 atom stereocenters. The summed E-state index contributed by atoms with van der Waals surface area (Å²) in [7, 11) is 4.63. The van der Waals surface area contributed by atoms with Gasteiger partial charge < -0.3 is 24.3 Å². The molecule has 0 aromatic heterocycles. The number of hydrogen-bond donors (Lipinski definition) is 1. The standard InChI is InChI=1S/C20H23NO6/c1-24-15-7-4-14(5-8-15)6-11-20(23)27-13-19(22)21-17-10-9-16(25-2)12-18(17)26-3/h4-5,7-10,12H,6,11,13H2,1-3H3,(H,21,22). The van der Waals surface area contributed by atoms with Gasteiger partial charge in [-0.05, 0) is 36.2 Å². The van der Waals surface area contributed by atoms with Gasteiger partial charge in [0.25, 0.3) is 5.91 Å². The maximum atomic E-state index is 12.0. The average Bonchev–Trinajstić information content (AvgIpc) is 2.71.